The predicted octanol–water partition coefficient (Wildman–Crippen LogP) is 1.63. The molecule has 0 bridgehead atoms. The summed E-state index contributed by atoms with van der Waals surface area (Å²) in [7, 11) is -1.72. The molecule has 0 spiro atoms. The van der Waals surface area contributed by atoms with Crippen molar-refractivity contribution >= 4 is 7.82 Å². The van der Waals surface area contributed by atoms with Crippen LogP contribution in [0.25, 0.3) is 0 Å². The van der Waals surface area contributed by atoms with E-state index < -0.39 is 7.82 Å². The molecule has 0 aromatic rings. The van der Waals surface area contributed by atoms with Crippen LogP contribution < -0.4 is 0 Å². The second-order valence-electron chi connectivity index (χ2n) is 3.70. The van der Waals surface area contributed by atoms with E-state index in [0.717, 1.165) is 17.6 Å². The van der Waals surface area contributed by atoms with Crippen LogP contribution in [-0.4, -0.2) is 49.3 Å². The first kappa shape index (κ1) is 15.1. The van der Waals surface area contributed by atoms with Crippen molar-refractivity contribution in [2.24, 2.45) is 0 Å². The molecule has 0 heterocycles. The van der Waals surface area contributed by atoms with Gasteiger partial charge in [-0.2, -0.15) is 0 Å². The topological polar surface area (TPSA) is 55.8 Å². The lowest BCUT2D eigenvalue weighted by Crippen LogP contribution is -2.45. The Kier molecular flexibility index (Phi) is 6.64. The molecule has 0 aliphatic carbocycles. The Balaban J connectivity index is 3.92. The molecule has 0 aliphatic rings. The molecule has 0 aliphatic heterocycles. The first-order valence-electron chi connectivity index (χ1n) is 5.34. The van der Waals surface area contributed by atoms with Crippen molar-refractivity contribution in [3.05, 3.63) is 0 Å². The summed E-state index contributed by atoms with van der Waals surface area (Å²) in [5.74, 6) is 0. The standard InChI is InChI=1S/C9H22NO4P/c1-5-10(4,6-2)8-9-14-15(11,12)13-7-3/h5-9H2,1-4H3/p+1. The van der Waals surface area contributed by atoms with Crippen LogP contribution in [0.1, 0.15) is 20.8 Å². The molecule has 0 aromatic carbocycles. The van der Waals surface area contributed by atoms with E-state index in [0.29, 0.717) is 6.54 Å². The van der Waals surface area contributed by atoms with Gasteiger partial charge in [-0.25, -0.2) is 4.57 Å². The van der Waals surface area contributed by atoms with Gasteiger partial charge >= 0.3 is 7.82 Å². The molecule has 92 valence electrons. The highest BCUT2D eigenvalue weighted by Crippen LogP contribution is 2.42. The van der Waals surface area contributed by atoms with Crippen LogP contribution in [0.5, 0.6) is 0 Å². The Hall–Kier alpha value is 0.0700. The molecule has 1 N–H and O–H groups in total. The molecular weight excluding hydrogens is 217 g/mol. The van der Waals surface area contributed by atoms with Gasteiger partial charge in [-0.1, -0.05) is 0 Å². The third-order valence-electron chi connectivity index (χ3n) is 2.70. The number of likely N-dealkylation sites (N-methyl/N-ethyl adjacent to an activating group) is 1. The van der Waals surface area contributed by atoms with Crippen LogP contribution in [0.2, 0.25) is 0 Å². The van der Waals surface area contributed by atoms with E-state index in [2.05, 4.69) is 25.4 Å². The molecule has 6 heteroatoms. The van der Waals surface area contributed by atoms with Gasteiger partial charge in [-0.3, -0.25) is 9.05 Å². The fourth-order valence-electron chi connectivity index (χ4n) is 1.12. The molecule has 0 saturated carbocycles. The van der Waals surface area contributed by atoms with Crippen LogP contribution in [-0.2, 0) is 13.6 Å². The lowest BCUT2D eigenvalue weighted by molar-refractivity contribution is -0.906. The second-order valence-corrected chi connectivity index (χ2v) is 5.15. The molecule has 0 rings (SSSR count). The van der Waals surface area contributed by atoms with E-state index in [-0.39, 0.29) is 13.2 Å². The average molecular weight is 240 g/mol. The quantitative estimate of drug-likeness (QED) is 0.517. The minimum absolute atomic E-state index is 0.182. The normalized spacial score (nSPS) is 16.3. The van der Waals surface area contributed by atoms with Gasteiger partial charge in [0.05, 0.1) is 26.7 Å². The van der Waals surface area contributed by atoms with Gasteiger partial charge in [0.2, 0.25) is 0 Å². The summed E-state index contributed by atoms with van der Waals surface area (Å²) in [6.45, 7) is 8.92. The van der Waals surface area contributed by atoms with Gasteiger partial charge in [-0.05, 0) is 20.8 Å². The summed E-state index contributed by atoms with van der Waals surface area (Å²) in [6.07, 6.45) is 0. The molecule has 0 saturated heterocycles. The third-order valence-corrected chi connectivity index (χ3v) is 3.80. The molecule has 1 atom stereocenters. The van der Waals surface area contributed by atoms with Gasteiger partial charge in [0.1, 0.15) is 13.2 Å². The van der Waals surface area contributed by atoms with E-state index in [4.69, 9.17) is 9.42 Å². The largest absolute Gasteiger partial charge is 0.472 e. The summed E-state index contributed by atoms with van der Waals surface area (Å²) in [4.78, 5) is 9.16. The Bertz CT molecular complexity index is 218. The van der Waals surface area contributed by atoms with Crippen molar-refractivity contribution in [3.63, 3.8) is 0 Å². The van der Waals surface area contributed by atoms with Crippen molar-refractivity contribution in [2.45, 2.75) is 20.8 Å². The van der Waals surface area contributed by atoms with Crippen LogP contribution in [0.15, 0.2) is 0 Å². The minimum Gasteiger partial charge on any atom is -0.325 e. The Labute approximate surface area is 92.2 Å². The van der Waals surface area contributed by atoms with Crippen LogP contribution in [0.4, 0.5) is 0 Å². The highest BCUT2D eigenvalue weighted by molar-refractivity contribution is 7.47. The van der Waals surface area contributed by atoms with Crippen LogP contribution in [0, 0.1) is 0 Å². The Morgan fingerprint density at radius 2 is 1.73 bits per heavy atom. The monoisotopic (exact) mass is 240 g/mol. The number of phosphoric acid groups is 1. The van der Waals surface area contributed by atoms with E-state index >= 15 is 0 Å². The van der Waals surface area contributed by atoms with Gasteiger partial charge in [0.15, 0.2) is 0 Å². The third kappa shape index (κ3) is 6.28. The van der Waals surface area contributed by atoms with Crippen LogP contribution >= 0.6 is 7.82 Å². The SMILES string of the molecule is CCOP(=O)(O)OCC[N+](C)(CC)CC. The number of quaternary nitrogens is 1. The first-order valence-corrected chi connectivity index (χ1v) is 6.84. The average Bonchev–Trinajstić information content (AvgIpc) is 2.17. The molecule has 1 unspecified atom stereocenters. The maximum absolute atomic E-state index is 11.2. The molecule has 0 fully saturated rings. The highest BCUT2D eigenvalue weighted by atomic mass is 31.2. The summed E-state index contributed by atoms with van der Waals surface area (Å²) in [5.41, 5.74) is 0. The number of hydrogen-bond acceptors (Lipinski definition) is 3. The summed E-state index contributed by atoms with van der Waals surface area (Å²) in [5, 5.41) is 0. The first-order chi connectivity index (χ1) is 6.89. The van der Waals surface area contributed by atoms with Crippen molar-refractivity contribution in [1.29, 1.82) is 0 Å². The van der Waals surface area contributed by atoms with E-state index in [1.807, 2.05) is 0 Å². The molecule has 15 heavy (non-hydrogen) atoms. The van der Waals surface area contributed by atoms with Gasteiger partial charge in [-0.15, -0.1) is 0 Å². The smallest absolute Gasteiger partial charge is 0.325 e. The second kappa shape index (κ2) is 6.61. The summed E-state index contributed by atoms with van der Waals surface area (Å²) < 4.78 is 21.4. The van der Waals surface area contributed by atoms with E-state index in [9.17, 15) is 4.57 Å². The molecular formula is C9H23NO4P+. The summed E-state index contributed by atoms with van der Waals surface area (Å²) >= 11 is 0. The number of nitrogens with zero attached hydrogens (tertiary/aromatic N) is 1. The fourth-order valence-corrected chi connectivity index (χ4v) is 1.83. The van der Waals surface area contributed by atoms with Crippen molar-refractivity contribution in [3.8, 4) is 0 Å². The zero-order valence-corrected chi connectivity index (χ0v) is 11.0. The lowest BCUT2D eigenvalue weighted by atomic mass is 10.4. The molecule has 0 amide bonds. The highest BCUT2D eigenvalue weighted by Gasteiger charge is 2.23. The van der Waals surface area contributed by atoms with Crippen LogP contribution in [0.3, 0.4) is 0 Å². The number of rotatable bonds is 8. The maximum Gasteiger partial charge on any atom is 0.472 e. The van der Waals surface area contributed by atoms with Gasteiger partial charge in [0, 0.05) is 0 Å². The molecule has 0 aromatic heterocycles. The minimum atomic E-state index is -3.81. The van der Waals surface area contributed by atoms with Gasteiger partial charge in [0.25, 0.3) is 0 Å². The molecule has 5 nitrogen and oxygen atoms in total. The van der Waals surface area contributed by atoms with E-state index in [1.54, 1.807) is 6.92 Å². The van der Waals surface area contributed by atoms with Crippen molar-refractivity contribution in [2.75, 3.05) is 39.9 Å². The Morgan fingerprint density at radius 1 is 1.20 bits per heavy atom. The lowest BCUT2D eigenvalue weighted by Gasteiger charge is -2.31. The zero-order valence-electron chi connectivity index (χ0n) is 10.1. The maximum atomic E-state index is 11.2. The predicted molar refractivity (Wildman–Crippen MR) is 59.5 cm³/mol. The van der Waals surface area contributed by atoms with Gasteiger partial charge < -0.3 is 9.38 Å². The van der Waals surface area contributed by atoms with Crippen molar-refractivity contribution in [1.82, 2.24) is 0 Å². The Morgan fingerprint density at radius 3 is 2.13 bits per heavy atom. The fraction of sp³-hybridized carbons (Fsp3) is 1.00. The molecule has 0 radical (unpaired) electrons. The number of phosphoric ester groups is 1. The number of hydrogen-bond donors (Lipinski definition) is 1. The van der Waals surface area contributed by atoms with Crippen molar-refractivity contribution < 1.29 is 23.0 Å². The van der Waals surface area contributed by atoms with E-state index in [1.165, 1.54) is 0 Å². The zero-order chi connectivity index (χ0) is 11.9. The summed E-state index contributed by atoms with van der Waals surface area (Å²) in [6, 6.07) is 0.